The highest BCUT2D eigenvalue weighted by Gasteiger charge is 2.07. The first-order chi connectivity index (χ1) is 6.09. The van der Waals surface area contributed by atoms with Gasteiger partial charge in [0.25, 0.3) is 0 Å². The van der Waals surface area contributed by atoms with E-state index in [1.54, 1.807) is 13.3 Å². The largest absolute Gasteiger partial charge is 0.392 e. The van der Waals surface area contributed by atoms with Crippen LogP contribution < -0.4 is 0 Å². The SMILES string of the molecule is CC(O)CN(C)Cc1nncn1C. The molecule has 1 heterocycles. The molecule has 1 N–H and O–H groups in total. The van der Waals surface area contributed by atoms with E-state index < -0.39 is 0 Å². The van der Waals surface area contributed by atoms with Gasteiger partial charge in [-0.25, -0.2) is 0 Å². The van der Waals surface area contributed by atoms with Crippen molar-refractivity contribution in [2.75, 3.05) is 13.6 Å². The predicted molar refractivity (Wildman–Crippen MR) is 49.0 cm³/mol. The van der Waals surface area contributed by atoms with Crippen LogP contribution >= 0.6 is 0 Å². The number of aromatic nitrogens is 3. The zero-order valence-corrected chi connectivity index (χ0v) is 8.30. The Bertz CT molecular complexity index is 258. The van der Waals surface area contributed by atoms with Crippen LogP contribution in [0, 0.1) is 0 Å². The molecule has 1 unspecified atom stereocenters. The monoisotopic (exact) mass is 184 g/mol. The Morgan fingerprint density at radius 1 is 1.69 bits per heavy atom. The molecule has 0 amide bonds. The molecule has 5 heteroatoms. The summed E-state index contributed by atoms with van der Waals surface area (Å²) in [6.45, 7) is 3.13. The molecule has 1 atom stereocenters. The van der Waals surface area contributed by atoms with E-state index in [4.69, 9.17) is 5.11 Å². The highest BCUT2D eigenvalue weighted by atomic mass is 16.3. The number of rotatable bonds is 4. The van der Waals surface area contributed by atoms with Crippen molar-refractivity contribution < 1.29 is 5.11 Å². The van der Waals surface area contributed by atoms with Crippen LogP contribution in [-0.4, -0.2) is 44.5 Å². The lowest BCUT2D eigenvalue weighted by Crippen LogP contribution is -2.27. The van der Waals surface area contributed by atoms with Gasteiger partial charge < -0.3 is 9.67 Å². The molecule has 13 heavy (non-hydrogen) atoms. The molecule has 1 rings (SSSR count). The number of hydrogen-bond acceptors (Lipinski definition) is 4. The zero-order valence-electron chi connectivity index (χ0n) is 8.30. The summed E-state index contributed by atoms with van der Waals surface area (Å²) >= 11 is 0. The smallest absolute Gasteiger partial charge is 0.146 e. The fourth-order valence-electron chi connectivity index (χ4n) is 1.21. The zero-order chi connectivity index (χ0) is 9.84. The Kier molecular flexibility index (Phi) is 3.39. The minimum Gasteiger partial charge on any atom is -0.392 e. The van der Waals surface area contributed by atoms with Crippen LogP contribution in [0.15, 0.2) is 6.33 Å². The van der Waals surface area contributed by atoms with Crippen molar-refractivity contribution in [1.29, 1.82) is 0 Å². The molecule has 0 aromatic carbocycles. The number of nitrogens with zero attached hydrogens (tertiary/aromatic N) is 4. The first kappa shape index (κ1) is 10.1. The van der Waals surface area contributed by atoms with Crippen LogP contribution in [0.25, 0.3) is 0 Å². The molecule has 0 aliphatic carbocycles. The molecule has 0 aliphatic rings. The Morgan fingerprint density at radius 3 is 2.85 bits per heavy atom. The van der Waals surface area contributed by atoms with Gasteiger partial charge in [-0.1, -0.05) is 0 Å². The summed E-state index contributed by atoms with van der Waals surface area (Å²) < 4.78 is 1.87. The second-order valence-electron chi connectivity index (χ2n) is 3.40. The van der Waals surface area contributed by atoms with Crippen molar-refractivity contribution in [3.8, 4) is 0 Å². The topological polar surface area (TPSA) is 54.2 Å². The van der Waals surface area contributed by atoms with E-state index in [1.165, 1.54) is 0 Å². The van der Waals surface area contributed by atoms with Crippen molar-refractivity contribution in [3.63, 3.8) is 0 Å². The van der Waals surface area contributed by atoms with E-state index in [-0.39, 0.29) is 6.10 Å². The lowest BCUT2D eigenvalue weighted by molar-refractivity contribution is 0.136. The molecule has 0 spiro atoms. The third kappa shape index (κ3) is 3.12. The van der Waals surface area contributed by atoms with E-state index in [2.05, 4.69) is 10.2 Å². The van der Waals surface area contributed by atoms with Gasteiger partial charge >= 0.3 is 0 Å². The maximum absolute atomic E-state index is 9.14. The minimum absolute atomic E-state index is 0.307. The van der Waals surface area contributed by atoms with Crippen molar-refractivity contribution in [2.24, 2.45) is 7.05 Å². The summed E-state index contributed by atoms with van der Waals surface area (Å²) in [5.41, 5.74) is 0. The molecule has 0 fully saturated rings. The first-order valence-electron chi connectivity index (χ1n) is 4.29. The van der Waals surface area contributed by atoms with Crippen LogP contribution in [0.2, 0.25) is 0 Å². The van der Waals surface area contributed by atoms with E-state index >= 15 is 0 Å². The molecular weight excluding hydrogens is 168 g/mol. The van der Waals surface area contributed by atoms with E-state index in [0.717, 1.165) is 5.82 Å². The van der Waals surface area contributed by atoms with Gasteiger partial charge in [-0.3, -0.25) is 4.90 Å². The van der Waals surface area contributed by atoms with Crippen LogP contribution in [-0.2, 0) is 13.6 Å². The van der Waals surface area contributed by atoms with Crippen molar-refractivity contribution in [3.05, 3.63) is 12.2 Å². The van der Waals surface area contributed by atoms with Crippen molar-refractivity contribution in [1.82, 2.24) is 19.7 Å². The molecule has 0 saturated heterocycles. The Labute approximate surface area is 78.0 Å². The second kappa shape index (κ2) is 4.34. The average molecular weight is 184 g/mol. The Morgan fingerprint density at radius 2 is 2.38 bits per heavy atom. The quantitative estimate of drug-likeness (QED) is 0.693. The fraction of sp³-hybridized carbons (Fsp3) is 0.750. The van der Waals surface area contributed by atoms with Crippen LogP contribution in [0.5, 0.6) is 0 Å². The van der Waals surface area contributed by atoms with Crippen LogP contribution in [0.1, 0.15) is 12.7 Å². The van der Waals surface area contributed by atoms with Crippen molar-refractivity contribution in [2.45, 2.75) is 19.6 Å². The number of aryl methyl sites for hydroxylation is 1. The highest BCUT2D eigenvalue weighted by Crippen LogP contribution is 1.98. The minimum atomic E-state index is -0.307. The molecule has 74 valence electrons. The Balaban J connectivity index is 2.45. The molecule has 0 saturated carbocycles. The third-order valence-corrected chi connectivity index (χ3v) is 1.79. The Hall–Kier alpha value is -0.940. The molecular formula is C8H16N4O. The van der Waals surface area contributed by atoms with Crippen LogP contribution in [0.4, 0.5) is 0 Å². The summed E-state index contributed by atoms with van der Waals surface area (Å²) in [5.74, 6) is 0.906. The number of aliphatic hydroxyl groups is 1. The van der Waals surface area contributed by atoms with E-state index in [0.29, 0.717) is 13.1 Å². The van der Waals surface area contributed by atoms with Gasteiger partial charge in [0.05, 0.1) is 12.6 Å². The lowest BCUT2D eigenvalue weighted by Gasteiger charge is -2.17. The molecule has 0 bridgehead atoms. The summed E-state index contributed by atoms with van der Waals surface area (Å²) in [7, 11) is 3.85. The van der Waals surface area contributed by atoms with Gasteiger partial charge in [0.15, 0.2) is 0 Å². The molecule has 5 nitrogen and oxygen atoms in total. The van der Waals surface area contributed by atoms with Crippen LogP contribution in [0.3, 0.4) is 0 Å². The van der Waals surface area contributed by atoms with Crippen molar-refractivity contribution >= 4 is 0 Å². The summed E-state index contributed by atoms with van der Waals surface area (Å²) in [4.78, 5) is 2.01. The van der Waals surface area contributed by atoms with E-state index in [1.807, 2.05) is 23.6 Å². The van der Waals surface area contributed by atoms with Gasteiger partial charge in [-0.15, -0.1) is 10.2 Å². The maximum Gasteiger partial charge on any atom is 0.146 e. The lowest BCUT2D eigenvalue weighted by atomic mass is 10.3. The average Bonchev–Trinajstić information content (AvgIpc) is 2.34. The molecule has 1 aromatic rings. The number of hydrogen-bond donors (Lipinski definition) is 1. The van der Waals surface area contributed by atoms with Gasteiger partial charge in [-0.05, 0) is 14.0 Å². The van der Waals surface area contributed by atoms with Gasteiger partial charge in [0, 0.05) is 13.6 Å². The predicted octanol–water partition coefficient (Wildman–Crippen LogP) is -0.372. The van der Waals surface area contributed by atoms with E-state index in [9.17, 15) is 0 Å². The van der Waals surface area contributed by atoms with Gasteiger partial charge in [0.2, 0.25) is 0 Å². The first-order valence-corrected chi connectivity index (χ1v) is 4.29. The third-order valence-electron chi connectivity index (χ3n) is 1.79. The highest BCUT2D eigenvalue weighted by molar-refractivity contribution is 4.83. The maximum atomic E-state index is 9.14. The normalized spacial score (nSPS) is 13.6. The summed E-state index contributed by atoms with van der Waals surface area (Å²) in [6.07, 6.45) is 1.36. The molecule has 0 aliphatic heterocycles. The number of aliphatic hydroxyl groups excluding tert-OH is 1. The molecule has 1 aromatic heterocycles. The number of likely N-dealkylation sites (N-methyl/N-ethyl adjacent to an activating group) is 1. The summed E-state index contributed by atoms with van der Waals surface area (Å²) in [6, 6.07) is 0. The standard InChI is InChI=1S/C8H16N4O/c1-7(13)4-11(2)5-8-10-9-6-12(8)3/h6-7,13H,4-5H2,1-3H3. The summed E-state index contributed by atoms with van der Waals surface area (Å²) in [5, 5.41) is 16.9. The fourth-order valence-corrected chi connectivity index (χ4v) is 1.21. The second-order valence-corrected chi connectivity index (χ2v) is 3.40. The van der Waals surface area contributed by atoms with Gasteiger partial charge in [-0.2, -0.15) is 0 Å². The van der Waals surface area contributed by atoms with Gasteiger partial charge in [0.1, 0.15) is 12.2 Å². The molecule has 0 radical (unpaired) electrons.